The molecule has 1 fully saturated rings. The van der Waals surface area contributed by atoms with Gasteiger partial charge in [0.15, 0.2) is 0 Å². The molecule has 1 aromatic carbocycles. The number of hydrogen-bond donors (Lipinski definition) is 1. The van der Waals surface area contributed by atoms with Gasteiger partial charge in [0.05, 0.1) is 6.67 Å². The summed E-state index contributed by atoms with van der Waals surface area (Å²) in [7, 11) is 0. The van der Waals surface area contributed by atoms with Crippen molar-refractivity contribution in [2.45, 2.75) is 5.92 Å². The molecule has 2 atom stereocenters. The van der Waals surface area contributed by atoms with Crippen molar-refractivity contribution in [1.82, 2.24) is 5.32 Å². The average molecular weight is 197 g/mol. The second-order valence-electron chi connectivity index (χ2n) is 3.70. The van der Waals surface area contributed by atoms with E-state index < -0.39 is 0 Å². The van der Waals surface area contributed by atoms with Gasteiger partial charge in [-0.1, -0.05) is 18.2 Å². The minimum atomic E-state index is -0.383. The Kier molecular flexibility index (Phi) is 2.77. The lowest BCUT2D eigenvalue weighted by atomic mass is 9.89. The van der Waals surface area contributed by atoms with Gasteiger partial charge in [0.2, 0.25) is 0 Å². The lowest BCUT2D eigenvalue weighted by molar-refractivity contribution is 0.354. The van der Waals surface area contributed by atoms with E-state index in [2.05, 4.69) is 5.32 Å². The monoisotopic (exact) mass is 197 g/mol. The van der Waals surface area contributed by atoms with Crippen LogP contribution in [0.1, 0.15) is 11.5 Å². The van der Waals surface area contributed by atoms with E-state index in [1.165, 1.54) is 6.07 Å². The topological polar surface area (TPSA) is 12.0 Å². The maximum atomic E-state index is 13.4. The molecule has 0 unspecified atom stereocenters. The molecule has 3 heteroatoms. The van der Waals surface area contributed by atoms with Crippen molar-refractivity contribution in [3.8, 4) is 0 Å². The fourth-order valence-corrected chi connectivity index (χ4v) is 2.03. The summed E-state index contributed by atoms with van der Waals surface area (Å²) >= 11 is 0. The molecule has 0 bridgehead atoms. The van der Waals surface area contributed by atoms with Gasteiger partial charge < -0.3 is 5.32 Å². The van der Waals surface area contributed by atoms with Crippen LogP contribution in [0.2, 0.25) is 0 Å². The molecule has 0 saturated carbocycles. The molecule has 0 radical (unpaired) electrons. The highest BCUT2D eigenvalue weighted by molar-refractivity contribution is 5.24. The molecule has 0 spiro atoms. The van der Waals surface area contributed by atoms with Crippen LogP contribution in [0.5, 0.6) is 0 Å². The van der Waals surface area contributed by atoms with Crippen LogP contribution in [0.15, 0.2) is 24.3 Å². The highest BCUT2D eigenvalue weighted by Gasteiger charge is 2.29. The first-order valence-corrected chi connectivity index (χ1v) is 4.84. The zero-order valence-corrected chi connectivity index (χ0v) is 7.84. The maximum Gasteiger partial charge on any atom is 0.126 e. The SMILES string of the molecule is FC[C@@H]1CNC[C@H]1c1ccccc1F. The van der Waals surface area contributed by atoms with Crippen molar-refractivity contribution in [2.75, 3.05) is 19.8 Å². The van der Waals surface area contributed by atoms with Gasteiger partial charge in [-0.25, -0.2) is 4.39 Å². The first-order chi connectivity index (χ1) is 6.83. The number of rotatable bonds is 2. The first kappa shape index (κ1) is 9.59. The van der Waals surface area contributed by atoms with E-state index in [-0.39, 0.29) is 24.3 Å². The van der Waals surface area contributed by atoms with Crippen LogP contribution in [0.4, 0.5) is 8.78 Å². The summed E-state index contributed by atoms with van der Waals surface area (Å²) in [6, 6.07) is 6.64. The largest absolute Gasteiger partial charge is 0.316 e. The van der Waals surface area contributed by atoms with Crippen molar-refractivity contribution >= 4 is 0 Å². The van der Waals surface area contributed by atoms with Crippen LogP contribution in [0, 0.1) is 11.7 Å². The summed E-state index contributed by atoms with van der Waals surface area (Å²) in [4.78, 5) is 0. The third kappa shape index (κ3) is 1.64. The average Bonchev–Trinajstić information content (AvgIpc) is 2.66. The lowest BCUT2D eigenvalue weighted by Crippen LogP contribution is -2.13. The van der Waals surface area contributed by atoms with E-state index in [4.69, 9.17) is 0 Å². The molecule has 2 rings (SSSR count). The fourth-order valence-electron chi connectivity index (χ4n) is 2.03. The smallest absolute Gasteiger partial charge is 0.126 e. The Labute approximate surface area is 82.1 Å². The van der Waals surface area contributed by atoms with E-state index in [0.717, 1.165) is 0 Å². The summed E-state index contributed by atoms with van der Waals surface area (Å²) in [6.45, 7) is 0.941. The van der Waals surface area contributed by atoms with Gasteiger partial charge in [-0.15, -0.1) is 0 Å². The van der Waals surface area contributed by atoms with E-state index >= 15 is 0 Å². The number of benzene rings is 1. The number of nitrogens with one attached hydrogen (secondary N) is 1. The van der Waals surface area contributed by atoms with Crippen molar-refractivity contribution < 1.29 is 8.78 Å². The van der Waals surface area contributed by atoms with Gasteiger partial charge in [0.1, 0.15) is 5.82 Å². The van der Waals surface area contributed by atoms with Gasteiger partial charge in [-0.2, -0.15) is 0 Å². The van der Waals surface area contributed by atoms with E-state index in [0.29, 0.717) is 18.7 Å². The standard InChI is InChI=1S/C11H13F2N/c12-5-8-6-14-7-10(8)9-3-1-2-4-11(9)13/h1-4,8,10,14H,5-7H2/t8-,10-/m1/s1. The van der Waals surface area contributed by atoms with Crippen LogP contribution < -0.4 is 5.32 Å². The Morgan fingerprint density at radius 2 is 2.07 bits per heavy atom. The molecule has 1 saturated heterocycles. The molecule has 1 aromatic rings. The van der Waals surface area contributed by atoms with E-state index in [9.17, 15) is 8.78 Å². The van der Waals surface area contributed by atoms with Crippen LogP contribution in [0.25, 0.3) is 0 Å². The van der Waals surface area contributed by atoms with Crippen LogP contribution in [-0.4, -0.2) is 19.8 Å². The Bertz CT molecular complexity index is 314. The molecule has 0 amide bonds. The third-order valence-corrected chi connectivity index (χ3v) is 2.84. The predicted octanol–water partition coefficient (Wildman–Crippen LogP) is 2.10. The Hall–Kier alpha value is -0.960. The second kappa shape index (κ2) is 4.05. The quantitative estimate of drug-likeness (QED) is 0.765. The van der Waals surface area contributed by atoms with Crippen molar-refractivity contribution in [3.63, 3.8) is 0 Å². The van der Waals surface area contributed by atoms with Crippen LogP contribution in [-0.2, 0) is 0 Å². The van der Waals surface area contributed by atoms with Crippen molar-refractivity contribution in [3.05, 3.63) is 35.6 Å². The number of halogens is 2. The first-order valence-electron chi connectivity index (χ1n) is 4.84. The molecule has 0 aromatic heterocycles. The Morgan fingerprint density at radius 3 is 2.79 bits per heavy atom. The summed E-state index contributed by atoms with van der Waals surface area (Å²) in [5, 5.41) is 3.09. The van der Waals surface area contributed by atoms with Crippen LogP contribution >= 0.6 is 0 Å². The minimum absolute atomic E-state index is 0.0128. The molecule has 76 valence electrons. The van der Waals surface area contributed by atoms with Gasteiger partial charge in [-0.3, -0.25) is 4.39 Å². The molecule has 1 aliphatic heterocycles. The molecular formula is C11H13F2N. The fraction of sp³-hybridized carbons (Fsp3) is 0.455. The number of hydrogen-bond acceptors (Lipinski definition) is 1. The second-order valence-corrected chi connectivity index (χ2v) is 3.70. The highest BCUT2D eigenvalue weighted by atomic mass is 19.1. The number of alkyl halides is 1. The summed E-state index contributed by atoms with van der Waals surface area (Å²) in [5.41, 5.74) is 0.639. The predicted molar refractivity (Wildman–Crippen MR) is 51.5 cm³/mol. The van der Waals surface area contributed by atoms with Gasteiger partial charge in [0, 0.05) is 24.9 Å². The Balaban J connectivity index is 2.26. The van der Waals surface area contributed by atoms with E-state index in [1.807, 2.05) is 0 Å². The summed E-state index contributed by atoms with van der Waals surface area (Å²) in [6.07, 6.45) is 0. The van der Waals surface area contributed by atoms with Crippen molar-refractivity contribution in [2.24, 2.45) is 5.92 Å². The third-order valence-electron chi connectivity index (χ3n) is 2.84. The molecule has 1 aliphatic rings. The lowest BCUT2D eigenvalue weighted by Gasteiger charge is -2.16. The van der Waals surface area contributed by atoms with Crippen LogP contribution in [0.3, 0.4) is 0 Å². The molecule has 1 N–H and O–H groups in total. The van der Waals surface area contributed by atoms with Crippen molar-refractivity contribution in [1.29, 1.82) is 0 Å². The molecule has 0 aliphatic carbocycles. The normalized spacial score (nSPS) is 26.7. The molecular weight excluding hydrogens is 184 g/mol. The van der Waals surface area contributed by atoms with Gasteiger partial charge >= 0.3 is 0 Å². The maximum absolute atomic E-state index is 13.4. The molecule has 14 heavy (non-hydrogen) atoms. The summed E-state index contributed by atoms with van der Waals surface area (Å²) < 4.78 is 26.0. The Morgan fingerprint density at radius 1 is 1.29 bits per heavy atom. The van der Waals surface area contributed by atoms with E-state index in [1.54, 1.807) is 18.2 Å². The zero-order chi connectivity index (χ0) is 9.97. The highest BCUT2D eigenvalue weighted by Crippen LogP contribution is 2.29. The summed E-state index contributed by atoms with van der Waals surface area (Å²) in [5.74, 6) is -0.312. The molecule has 1 nitrogen and oxygen atoms in total. The molecule has 1 heterocycles. The van der Waals surface area contributed by atoms with Gasteiger partial charge in [-0.05, 0) is 11.6 Å². The minimum Gasteiger partial charge on any atom is -0.316 e. The zero-order valence-electron chi connectivity index (χ0n) is 7.84. The van der Waals surface area contributed by atoms with Gasteiger partial charge in [0.25, 0.3) is 0 Å².